The van der Waals surface area contributed by atoms with Gasteiger partial charge in [0, 0.05) is 19.7 Å². The Morgan fingerprint density at radius 2 is 2.25 bits per heavy atom. The Labute approximate surface area is 122 Å². The van der Waals surface area contributed by atoms with Gasteiger partial charge in [0.05, 0.1) is 10.7 Å². The third-order valence-corrected chi connectivity index (χ3v) is 5.05. The molecule has 8 heteroatoms. The Kier molecular flexibility index (Phi) is 4.85. The van der Waals surface area contributed by atoms with Gasteiger partial charge >= 0.3 is 10.2 Å². The Balaban J connectivity index is 2.16. The topological polar surface area (TPSA) is 69.6 Å². The summed E-state index contributed by atoms with van der Waals surface area (Å²) < 4.78 is 41.6. The van der Waals surface area contributed by atoms with Crippen molar-refractivity contribution < 1.29 is 17.9 Å². The highest BCUT2D eigenvalue weighted by Gasteiger charge is 2.29. The summed E-state index contributed by atoms with van der Waals surface area (Å²) in [4.78, 5) is 0. The van der Waals surface area contributed by atoms with Crippen LogP contribution in [0.15, 0.2) is 18.2 Å². The molecule has 0 bridgehead atoms. The van der Waals surface area contributed by atoms with Crippen LogP contribution in [0.4, 0.5) is 10.1 Å². The number of nitrogens with zero attached hydrogens (tertiary/aromatic N) is 1. The number of aliphatic hydroxyl groups excluding tert-OH is 1. The van der Waals surface area contributed by atoms with Crippen LogP contribution in [0.3, 0.4) is 0 Å². The second-order valence-corrected chi connectivity index (χ2v) is 6.84. The van der Waals surface area contributed by atoms with Gasteiger partial charge < -0.3 is 5.11 Å². The normalized spacial score (nSPS) is 20.9. The van der Waals surface area contributed by atoms with E-state index < -0.39 is 16.0 Å². The SMILES string of the molecule is O=S(=O)(Nc1cccc(Cl)c1F)N1CCCC(CO)C1. The van der Waals surface area contributed by atoms with Crippen LogP contribution < -0.4 is 4.72 Å². The minimum absolute atomic E-state index is 0.0580. The molecule has 1 aromatic rings. The lowest BCUT2D eigenvalue weighted by Crippen LogP contribution is -2.43. The molecule has 1 atom stereocenters. The molecule has 1 fully saturated rings. The van der Waals surface area contributed by atoms with Gasteiger partial charge in [-0.15, -0.1) is 0 Å². The first-order valence-corrected chi connectivity index (χ1v) is 8.08. The average Bonchev–Trinajstić information content (AvgIpc) is 2.44. The zero-order valence-electron chi connectivity index (χ0n) is 10.7. The summed E-state index contributed by atoms with van der Waals surface area (Å²) in [6, 6.07) is 4.12. The van der Waals surface area contributed by atoms with Crippen LogP contribution in [-0.4, -0.2) is 37.5 Å². The maximum absolute atomic E-state index is 13.7. The van der Waals surface area contributed by atoms with Crippen molar-refractivity contribution in [3.63, 3.8) is 0 Å². The molecule has 0 radical (unpaired) electrons. The molecule has 0 spiro atoms. The van der Waals surface area contributed by atoms with Gasteiger partial charge in [-0.3, -0.25) is 4.72 Å². The number of aliphatic hydroxyl groups is 1. The van der Waals surface area contributed by atoms with Crippen LogP contribution in [-0.2, 0) is 10.2 Å². The zero-order chi connectivity index (χ0) is 14.8. The maximum atomic E-state index is 13.7. The summed E-state index contributed by atoms with van der Waals surface area (Å²) in [6.07, 6.45) is 1.46. The Hall–Kier alpha value is -0.890. The third kappa shape index (κ3) is 3.41. The number of rotatable bonds is 4. The van der Waals surface area contributed by atoms with E-state index in [1.165, 1.54) is 22.5 Å². The number of anilines is 1. The number of hydrogen-bond donors (Lipinski definition) is 2. The number of nitrogens with one attached hydrogen (secondary N) is 1. The Morgan fingerprint density at radius 3 is 2.95 bits per heavy atom. The van der Waals surface area contributed by atoms with Crippen LogP contribution in [0, 0.1) is 11.7 Å². The van der Waals surface area contributed by atoms with Gasteiger partial charge in [0.15, 0.2) is 5.82 Å². The molecule has 0 amide bonds. The van der Waals surface area contributed by atoms with Crippen molar-refractivity contribution in [3.05, 3.63) is 29.0 Å². The molecule has 1 aliphatic rings. The highest BCUT2D eigenvalue weighted by molar-refractivity contribution is 7.90. The Morgan fingerprint density at radius 1 is 1.50 bits per heavy atom. The fourth-order valence-corrected chi connectivity index (χ4v) is 3.70. The molecule has 1 heterocycles. The molecule has 1 aromatic carbocycles. The first kappa shape index (κ1) is 15.5. The van der Waals surface area contributed by atoms with Crippen LogP contribution >= 0.6 is 11.6 Å². The fraction of sp³-hybridized carbons (Fsp3) is 0.500. The van der Waals surface area contributed by atoms with Gasteiger partial charge in [-0.1, -0.05) is 17.7 Å². The molecule has 0 saturated carbocycles. The molecule has 0 aliphatic carbocycles. The standard InChI is InChI=1S/C12H16ClFN2O3S/c13-10-4-1-5-11(12(10)14)15-20(18,19)16-6-2-3-9(7-16)8-17/h1,4-5,9,15,17H,2-3,6-8H2. The summed E-state index contributed by atoms with van der Waals surface area (Å²) in [6.45, 7) is 0.527. The van der Waals surface area contributed by atoms with E-state index in [0.717, 1.165) is 6.42 Å². The molecular formula is C12H16ClFN2O3S. The predicted molar refractivity (Wildman–Crippen MR) is 75.3 cm³/mol. The number of hydrogen-bond acceptors (Lipinski definition) is 3. The van der Waals surface area contributed by atoms with Crippen molar-refractivity contribution in [2.75, 3.05) is 24.4 Å². The van der Waals surface area contributed by atoms with E-state index in [1.807, 2.05) is 0 Å². The first-order chi connectivity index (χ1) is 9.44. The molecule has 2 N–H and O–H groups in total. The lowest BCUT2D eigenvalue weighted by molar-refractivity contribution is 0.166. The second kappa shape index (κ2) is 6.26. The largest absolute Gasteiger partial charge is 0.396 e. The van der Waals surface area contributed by atoms with Crippen molar-refractivity contribution in [1.29, 1.82) is 0 Å². The summed E-state index contributed by atoms with van der Waals surface area (Å²) >= 11 is 5.62. The van der Waals surface area contributed by atoms with Gasteiger partial charge in [-0.05, 0) is 30.9 Å². The lowest BCUT2D eigenvalue weighted by Gasteiger charge is -2.31. The van der Waals surface area contributed by atoms with Gasteiger partial charge in [-0.25, -0.2) is 4.39 Å². The minimum atomic E-state index is -3.85. The second-order valence-electron chi connectivity index (χ2n) is 4.76. The minimum Gasteiger partial charge on any atom is -0.396 e. The lowest BCUT2D eigenvalue weighted by atomic mass is 10.0. The van der Waals surface area contributed by atoms with E-state index in [-0.39, 0.29) is 29.8 Å². The fourth-order valence-electron chi connectivity index (χ4n) is 2.18. The van der Waals surface area contributed by atoms with E-state index in [2.05, 4.69) is 4.72 Å². The van der Waals surface area contributed by atoms with Gasteiger partial charge in [0.1, 0.15) is 0 Å². The van der Waals surface area contributed by atoms with Crippen molar-refractivity contribution in [1.82, 2.24) is 4.31 Å². The van der Waals surface area contributed by atoms with Gasteiger partial charge in [0.25, 0.3) is 0 Å². The van der Waals surface area contributed by atoms with Crippen molar-refractivity contribution in [2.45, 2.75) is 12.8 Å². The molecule has 5 nitrogen and oxygen atoms in total. The monoisotopic (exact) mass is 322 g/mol. The summed E-state index contributed by atoms with van der Waals surface area (Å²) in [5, 5.41) is 8.98. The maximum Gasteiger partial charge on any atom is 0.301 e. The summed E-state index contributed by atoms with van der Waals surface area (Å²) in [5.41, 5.74) is -0.177. The van der Waals surface area contributed by atoms with E-state index in [9.17, 15) is 12.8 Å². The quantitative estimate of drug-likeness (QED) is 0.888. The van der Waals surface area contributed by atoms with Gasteiger partial charge in [0.2, 0.25) is 0 Å². The number of halogens is 2. The van der Waals surface area contributed by atoms with Crippen molar-refractivity contribution in [3.8, 4) is 0 Å². The molecule has 0 aromatic heterocycles. The average molecular weight is 323 g/mol. The molecule has 1 saturated heterocycles. The highest BCUT2D eigenvalue weighted by atomic mass is 35.5. The first-order valence-electron chi connectivity index (χ1n) is 6.27. The molecule has 1 unspecified atom stereocenters. The summed E-state index contributed by atoms with van der Waals surface area (Å²) in [5.74, 6) is -0.877. The Bertz CT molecular complexity index is 582. The van der Waals surface area contributed by atoms with Gasteiger partial charge in [-0.2, -0.15) is 12.7 Å². The third-order valence-electron chi connectivity index (χ3n) is 3.27. The smallest absolute Gasteiger partial charge is 0.301 e. The molecule has 112 valence electrons. The van der Waals surface area contributed by atoms with Crippen molar-refractivity contribution in [2.24, 2.45) is 5.92 Å². The molecule has 2 rings (SSSR count). The molecule has 1 aliphatic heterocycles. The van der Waals surface area contributed by atoms with Crippen molar-refractivity contribution >= 4 is 27.5 Å². The number of piperidine rings is 1. The van der Waals surface area contributed by atoms with Crippen LogP contribution in [0.2, 0.25) is 5.02 Å². The van der Waals surface area contributed by atoms with E-state index in [0.29, 0.717) is 13.0 Å². The summed E-state index contributed by atoms with van der Waals surface area (Å²) in [7, 11) is -3.85. The van der Waals surface area contributed by atoms with E-state index in [1.54, 1.807) is 0 Å². The zero-order valence-corrected chi connectivity index (χ0v) is 12.3. The number of benzene rings is 1. The van der Waals surface area contributed by atoms with Crippen LogP contribution in [0.5, 0.6) is 0 Å². The molecule has 20 heavy (non-hydrogen) atoms. The van der Waals surface area contributed by atoms with E-state index in [4.69, 9.17) is 16.7 Å². The van der Waals surface area contributed by atoms with Crippen LogP contribution in [0.1, 0.15) is 12.8 Å². The predicted octanol–water partition coefficient (Wildman–Crippen LogP) is 1.84. The highest BCUT2D eigenvalue weighted by Crippen LogP contribution is 2.25. The molecular weight excluding hydrogens is 307 g/mol. The van der Waals surface area contributed by atoms with Crippen LogP contribution in [0.25, 0.3) is 0 Å². The van der Waals surface area contributed by atoms with E-state index >= 15 is 0 Å².